The SMILES string of the molecule is CN(C)CC(C)(O)c1ccc2c(c1)CN(C(=O)CN1CCc3ccccc3C1)CCO2. The van der Waals surface area contributed by atoms with Gasteiger partial charge in [-0.1, -0.05) is 30.3 Å². The molecule has 0 spiro atoms. The summed E-state index contributed by atoms with van der Waals surface area (Å²) in [6.45, 7) is 6.04. The second-order valence-corrected chi connectivity index (χ2v) is 9.23. The van der Waals surface area contributed by atoms with Crippen molar-refractivity contribution in [2.75, 3.05) is 46.9 Å². The van der Waals surface area contributed by atoms with Crippen LogP contribution >= 0.6 is 0 Å². The van der Waals surface area contributed by atoms with Crippen molar-refractivity contribution in [2.45, 2.75) is 32.0 Å². The molecule has 0 bridgehead atoms. The first-order valence-electron chi connectivity index (χ1n) is 11.0. The molecular formula is C25H33N3O3. The molecule has 2 heterocycles. The number of amides is 1. The van der Waals surface area contributed by atoms with Gasteiger partial charge in [0.15, 0.2) is 0 Å². The first-order valence-corrected chi connectivity index (χ1v) is 11.0. The molecular weight excluding hydrogens is 390 g/mol. The van der Waals surface area contributed by atoms with Crippen LogP contribution in [-0.4, -0.2) is 72.6 Å². The minimum atomic E-state index is -0.971. The lowest BCUT2D eigenvalue weighted by Crippen LogP contribution is -2.42. The molecule has 2 aromatic rings. The highest BCUT2D eigenvalue weighted by Gasteiger charge is 2.28. The molecule has 1 N–H and O–H groups in total. The Balaban J connectivity index is 1.45. The third kappa shape index (κ3) is 5.09. The van der Waals surface area contributed by atoms with Gasteiger partial charge in [-0.3, -0.25) is 9.69 Å². The fourth-order valence-corrected chi connectivity index (χ4v) is 4.63. The van der Waals surface area contributed by atoms with Crippen molar-refractivity contribution in [1.29, 1.82) is 0 Å². The molecule has 0 saturated heterocycles. The molecule has 2 aromatic carbocycles. The molecule has 1 atom stereocenters. The van der Waals surface area contributed by atoms with Crippen LogP contribution in [0.5, 0.6) is 5.75 Å². The number of rotatable bonds is 5. The Kier molecular flexibility index (Phi) is 6.32. The van der Waals surface area contributed by atoms with Gasteiger partial charge in [-0.15, -0.1) is 0 Å². The Morgan fingerprint density at radius 1 is 1.10 bits per heavy atom. The molecule has 1 amide bonds. The summed E-state index contributed by atoms with van der Waals surface area (Å²) in [7, 11) is 3.89. The third-order valence-electron chi connectivity index (χ3n) is 6.21. The summed E-state index contributed by atoms with van der Waals surface area (Å²) in [5.41, 5.74) is 3.53. The molecule has 1 unspecified atom stereocenters. The van der Waals surface area contributed by atoms with Crippen molar-refractivity contribution < 1.29 is 14.6 Å². The van der Waals surface area contributed by atoms with Gasteiger partial charge >= 0.3 is 0 Å². The normalized spacial score (nSPS) is 18.5. The number of likely N-dealkylation sites (N-methyl/N-ethyl adjacent to an activating group) is 1. The molecule has 31 heavy (non-hydrogen) atoms. The number of benzene rings is 2. The van der Waals surface area contributed by atoms with Crippen LogP contribution in [0.25, 0.3) is 0 Å². The van der Waals surface area contributed by atoms with E-state index in [1.807, 2.05) is 49.0 Å². The average molecular weight is 424 g/mol. The van der Waals surface area contributed by atoms with E-state index in [1.54, 1.807) is 0 Å². The quantitative estimate of drug-likeness (QED) is 0.799. The van der Waals surface area contributed by atoms with E-state index in [4.69, 9.17) is 4.74 Å². The van der Waals surface area contributed by atoms with Crippen LogP contribution < -0.4 is 4.74 Å². The van der Waals surface area contributed by atoms with Crippen molar-refractivity contribution in [1.82, 2.24) is 14.7 Å². The summed E-state index contributed by atoms with van der Waals surface area (Å²) in [4.78, 5) is 19.2. The Bertz CT molecular complexity index is 941. The van der Waals surface area contributed by atoms with Crippen LogP contribution in [0, 0.1) is 0 Å². The maximum atomic E-state index is 13.1. The lowest BCUT2D eigenvalue weighted by molar-refractivity contribution is -0.133. The highest BCUT2D eigenvalue weighted by molar-refractivity contribution is 5.78. The lowest BCUT2D eigenvalue weighted by atomic mass is 9.93. The van der Waals surface area contributed by atoms with Crippen LogP contribution in [0.3, 0.4) is 0 Å². The van der Waals surface area contributed by atoms with E-state index in [1.165, 1.54) is 11.1 Å². The summed E-state index contributed by atoms with van der Waals surface area (Å²) in [5, 5.41) is 10.9. The zero-order valence-corrected chi connectivity index (χ0v) is 18.8. The standard InChI is InChI=1S/C25H33N3O3/c1-25(30,18-26(2)3)22-8-9-23-21(14-22)16-28(12-13-31-23)24(29)17-27-11-10-19-6-4-5-7-20(19)15-27/h4-9,14,30H,10-13,15-18H2,1-3H3. The van der Waals surface area contributed by atoms with E-state index in [2.05, 4.69) is 29.2 Å². The number of ether oxygens (including phenoxy) is 1. The molecule has 0 radical (unpaired) electrons. The molecule has 0 fully saturated rings. The van der Waals surface area contributed by atoms with Gasteiger partial charge in [-0.2, -0.15) is 0 Å². The van der Waals surface area contributed by atoms with Gasteiger partial charge in [-0.05, 0) is 56.3 Å². The number of fused-ring (bicyclic) bond motifs is 2. The smallest absolute Gasteiger partial charge is 0.237 e. The predicted octanol–water partition coefficient (Wildman–Crippen LogP) is 2.24. The maximum absolute atomic E-state index is 13.1. The van der Waals surface area contributed by atoms with E-state index in [-0.39, 0.29) is 5.91 Å². The Hall–Kier alpha value is -2.41. The first-order chi connectivity index (χ1) is 14.8. The number of carbonyl (C=O) groups excluding carboxylic acids is 1. The largest absolute Gasteiger partial charge is 0.491 e. The summed E-state index contributed by atoms with van der Waals surface area (Å²) in [6.07, 6.45) is 0.986. The van der Waals surface area contributed by atoms with Gasteiger partial charge in [0.25, 0.3) is 0 Å². The summed E-state index contributed by atoms with van der Waals surface area (Å²) >= 11 is 0. The van der Waals surface area contributed by atoms with Crippen molar-refractivity contribution in [3.05, 3.63) is 64.7 Å². The zero-order valence-electron chi connectivity index (χ0n) is 18.8. The second kappa shape index (κ2) is 8.99. The summed E-state index contributed by atoms with van der Waals surface area (Å²) in [5.74, 6) is 0.924. The fraction of sp³-hybridized carbons (Fsp3) is 0.480. The van der Waals surface area contributed by atoms with E-state index < -0.39 is 5.60 Å². The van der Waals surface area contributed by atoms with Crippen molar-refractivity contribution in [3.63, 3.8) is 0 Å². The van der Waals surface area contributed by atoms with Crippen LogP contribution in [0.1, 0.15) is 29.2 Å². The number of aliphatic hydroxyl groups is 1. The molecule has 166 valence electrons. The monoisotopic (exact) mass is 423 g/mol. The van der Waals surface area contributed by atoms with Crippen LogP contribution in [-0.2, 0) is 29.9 Å². The number of carbonyl (C=O) groups is 1. The van der Waals surface area contributed by atoms with Crippen LogP contribution in [0.4, 0.5) is 0 Å². The van der Waals surface area contributed by atoms with E-state index in [9.17, 15) is 9.90 Å². The molecule has 6 heteroatoms. The topological polar surface area (TPSA) is 56.2 Å². The number of hydrogen-bond donors (Lipinski definition) is 1. The number of nitrogens with zero attached hydrogens (tertiary/aromatic N) is 3. The molecule has 6 nitrogen and oxygen atoms in total. The lowest BCUT2D eigenvalue weighted by Gasteiger charge is -2.30. The minimum Gasteiger partial charge on any atom is -0.491 e. The molecule has 0 aliphatic carbocycles. The van der Waals surface area contributed by atoms with Crippen LogP contribution in [0.15, 0.2) is 42.5 Å². The van der Waals surface area contributed by atoms with E-state index in [0.717, 1.165) is 36.4 Å². The zero-order chi connectivity index (χ0) is 22.0. The average Bonchev–Trinajstić information content (AvgIpc) is 2.94. The summed E-state index contributed by atoms with van der Waals surface area (Å²) in [6, 6.07) is 14.3. The highest BCUT2D eigenvalue weighted by atomic mass is 16.5. The molecule has 0 aromatic heterocycles. The second-order valence-electron chi connectivity index (χ2n) is 9.23. The molecule has 2 aliphatic rings. The molecule has 2 aliphatic heterocycles. The minimum absolute atomic E-state index is 0.126. The first kappa shape index (κ1) is 21.8. The van der Waals surface area contributed by atoms with Crippen molar-refractivity contribution in [2.24, 2.45) is 0 Å². The van der Waals surface area contributed by atoms with Crippen LogP contribution in [0.2, 0.25) is 0 Å². The Labute approximate surface area is 185 Å². The predicted molar refractivity (Wildman–Crippen MR) is 121 cm³/mol. The van der Waals surface area contributed by atoms with Gasteiger partial charge < -0.3 is 19.6 Å². The van der Waals surface area contributed by atoms with Gasteiger partial charge in [-0.25, -0.2) is 0 Å². The Morgan fingerprint density at radius 2 is 1.87 bits per heavy atom. The third-order valence-corrected chi connectivity index (χ3v) is 6.21. The Morgan fingerprint density at radius 3 is 2.65 bits per heavy atom. The van der Waals surface area contributed by atoms with Gasteiger partial charge in [0, 0.05) is 31.7 Å². The molecule has 0 saturated carbocycles. The van der Waals surface area contributed by atoms with Crippen molar-refractivity contribution in [3.8, 4) is 5.75 Å². The van der Waals surface area contributed by atoms with E-state index in [0.29, 0.717) is 32.8 Å². The molecule has 4 rings (SSSR count). The number of hydrogen-bond acceptors (Lipinski definition) is 5. The van der Waals surface area contributed by atoms with Crippen molar-refractivity contribution >= 4 is 5.91 Å². The van der Waals surface area contributed by atoms with Gasteiger partial charge in [0.05, 0.1) is 18.7 Å². The van der Waals surface area contributed by atoms with Gasteiger partial charge in [0.2, 0.25) is 5.91 Å². The fourth-order valence-electron chi connectivity index (χ4n) is 4.63. The van der Waals surface area contributed by atoms with Gasteiger partial charge in [0.1, 0.15) is 12.4 Å². The highest BCUT2D eigenvalue weighted by Crippen LogP contribution is 2.30. The summed E-state index contributed by atoms with van der Waals surface area (Å²) < 4.78 is 5.91. The van der Waals surface area contributed by atoms with E-state index >= 15 is 0 Å². The maximum Gasteiger partial charge on any atom is 0.237 e.